The summed E-state index contributed by atoms with van der Waals surface area (Å²) in [6.45, 7) is 4.54. The molecule has 0 aliphatic heterocycles. The highest BCUT2D eigenvalue weighted by Crippen LogP contribution is 2.16. The van der Waals surface area contributed by atoms with Crippen molar-refractivity contribution in [3.8, 4) is 5.75 Å². The summed E-state index contributed by atoms with van der Waals surface area (Å²) in [5, 5.41) is 0.564. The third-order valence-corrected chi connectivity index (χ3v) is 4.27. The molecule has 0 atom stereocenters. The lowest BCUT2D eigenvalue weighted by Crippen LogP contribution is -2.14. The van der Waals surface area contributed by atoms with Gasteiger partial charge < -0.3 is 14.5 Å². The predicted octanol–water partition coefficient (Wildman–Crippen LogP) is 3.48. The van der Waals surface area contributed by atoms with E-state index in [-0.39, 0.29) is 24.6 Å². The van der Waals surface area contributed by atoms with Crippen molar-refractivity contribution in [1.82, 2.24) is 9.97 Å². The number of aromatic nitrogens is 2. The standard InChI is InChI=1S/C22H24N2O4/c1-15-12-16(2)14-17(13-15)27-10-11-28-21(25)9-5-8-20-23-19-7-4-3-6-18(19)22(26)24-20/h3-4,6-7,12-14H,5,8-11H2,1-2H3,(H,23,24,26). The number of aryl methyl sites for hydroxylation is 3. The summed E-state index contributed by atoms with van der Waals surface area (Å²) >= 11 is 0. The first-order valence-corrected chi connectivity index (χ1v) is 9.36. The van der Waals surface area contributed by atoms with Crippen LogP contribution in [-0.4, -0.2) is 29.2 Å². The number of ether oxygens (including phenoxy) is 2. The number of para-hydroxylation sites is 1. The number of nitrogens with one attached hydrogen (secondary N) is 1. The van der Waals surface area contributed by atoms with Crippen molar-refractivity contribution in [1.29, 1.82) is 0 Å². The van der Waals surface area contributed by atoms with E-state index in [2.05, 4.69) is 16.0 Å². The van der Waals surface area contributed by atoms with Gasteiger partial charge in [-0.15, -0.1) is 0 Å². The Morgan fingerprint density at radius 1 is 1.07 bits per heavy atom. The van der Waals surface area contributed by atoms with Crippen LogP contribution in [0, 0.1) is 13.8 Å². The lowest BCUT2D eigenvalue weighted by atomic mass is 10.1. The minimum atomic E-state index is -0.285. The Hall–Kier alpha value is -3.15. The highest BCUT2D eigenvalue weighted by Gasteiger charge is 2.07. The van der Waals surface area contributed by atoms with Gasteiger partial charge in [-0.3, -0.25) is 9.59 Å². The van der Waals surface area contributed by atoms with Gasteiger partial charge in [-0.2, -0.15) is 0 Å². The Kier molecular flexibility index (Phi) is 6.42. The maximum atomic E-state index is 12.0. The second-order valence-corrected chi connectivity index (χ2v) is 6.78. The van der Waals surface area contributed by atoms with E-state index in [0.717, 1.165) is 16.9 Å². The van der Waals surface area contributed by atoms with Gasteiger partial charge >= 0.3 is 5.97 Å². The van der Waals surface area contributed by atoms with E-state index < -0.39 is 0 Å². The van der Waals surface area contributed by atoms with Crippen molar-refractivity contribution in [3.63, 3.8) is 0 Å². The molecular weight excluding hydrogens is 356 g/mol. The van der Waals surface area contributed by atoms with Crippen LogP contribution in [0.3, 0.4) is 0 Å². The van der Waals surface area contributed by atoms with Crippen LogP contribution in [-0.2, 0) is 16.0 Å². The average molecular weight is 380 g/mol. The maximum absolute atomic E-state index is 12.0. The Morgan fingerprint density at radius 3 is 2.61 bits per heavy atom. The fraction of sp³-hybridized carbons (Fsp3) is 0.318. The summed E-state index contributed by atoms with van der Waals surface area (Å²) in [4.78, 5) is 31.1. The number of hydrogen-bond donors (Lipinski definition) is 1. The van der Waals surface area contributed by atoms with Crippen LogP contribution in [0.15, 0.2) is 47.3 Å². The van der Waals surface area contributed by atoms with Gasteiger partial charge in [0, 0.05) is 12.8 Å². The van der Waals surface area contributed by atoms with E-state index in [4.69, 9.17) is 9.47 Å². The summed E-state index contributed by atoms with van der Waals surface area (Å²) in [6, 6.07) is 13.2. The summed E-state index contributed by atoms with van der Waals surface area (Å²) < 4.78 is 10.8. The first-order valence-electron chi connectivity index (χ1n) is 9.36. The van der Waals surface area contributed by atoms with E-state index in [9.17, 15) is 9.59 Å². The molecule has 1 heterocycles. The molecule has 146 valence electrons. The molecule has 0 aliphatic carbocycles. The predicted molar refractivity (Wildman–Crippen MR) is 108 cm³/mol. The molecule has 0 aliphatic rings. The first kappa shape index (κ1) is 19.6. The van der Waals surface area contributed by atoms with Gasteiger partial charge in [0.2, 0.25) is 0 Å². The summed E-state index contributed by atoms with van der Waals surface area (Å²) in [6.07, 6.45) is 1.33. The SMILES string of the molecule is Cc1cc(C)cc(OCCOC(=O)CCCc2nc3ccccc3c(=O)[nH]2)c1. The van der Waals surface area contributed by atoms with E-state index in [1.165, 1.54) is 0 Å². The van der Waals surface area contributed by atoms with Crippen LogP contribution >= 0.6 is 0 Å². The van der Waals surface area contributed by atoms with Gasteiger partial charge in [-0.1, -0.05) is 18.2 Å². The zero-order valence-corrected chi connectivity index (χ0v) is 16.2. The van der Waals surface area contributed by atoms with Crippen molar-refractivity contribution < 1.29 is 14.3 Å². The highest BCUT2D eigenvalue weighted by molar-refractivity contribution is 5.77. The number of esters is 1. The molecule has 1 aromatic heterocycles. The fourth-order valence-electron chi connectivity index (χ4n) is 3.06. The van der Waals surface area contributed by atoms with Crippen molar-refractivity contribution in [2.24, 2.45) is 0 Å². The molecule has 3 rings (SSSR count). The third kappa shape index (κ3) is 5.42. The van der Waals surface area contributed by atoms with E-state index in [1.54, 1.807) is 18.2 Å². The molecule has 3 aromatic rings. The summed E-state index contributed by atoms with van der Waals surface area (Å²) in [7, 11) is 0. The number of H-pyrrole nitrogens is 1. The second-order valence-electron chi connectivity index (χ2n) is 6.78. The van der Waals surface area contributed by atoms with Crippen molar-refractivity contribution in [3.05, 3.63) is 69.8 Å². The smallest absolute Gasteiger partial charge is 0.305 e. The van der Waals surface area contributed by atoms with Crippen LogP contribution in [0.4, 0.5) is 0 Å². The molecule has 0 fully saturated rings. The molecular formula is C22H24N2O4. The highest BCUT2D eigenvalue weighted by atomic mass is 16.6. The quantitative estimate of drug-likeness (QED) is 0.478. The molecule has 6 nitrogen and oxygen atoms in total. The van der Waals surface area contributed by atoms with Gasteiger partial charge in [0.1, 0.15) is 24.8 Å². The van der Waals surface area contributed by atoms with Gasteiger partial charge in [0.15, 0.2) is 0 Å². The number of carbonyl (C=O) groups is 1. The minimum absolute atomic E-state index is 0.160. The average Bonchev–Trinajstić information content (AvgIpc) is 2.65. The van der Waals surface area contributed by atoms with Gasteiger partial charge in [0.25, 0.3) is 5.56 Å². The van der Waals surface area contributed by atoms with Crippen molar-refractivity contribution in [2.75, 3.05) is 13.2 Å². The Morgan fingerprint density at radius 2 is 1.82 bits per heavy atom. The number of rotatable bonds is 8. The number of aromatic amines is 1. The zero-order valence-electron chi connectivity index (χ0n) is 16.2. The second kappa shape index (κ2) is 9.17. The molecule has 0 bridgehead atoms. The fourth-order valence-corrected chi connectivity index (χ4v) is 3.06. The Balaban J connectivity index is 1.39. The summed E-state index contributed by atoms with van der Waals surface area (Å²) in [5.41, 5.74) is 2.76. The molecule has 0 saturated heterocycles. The Bertz CT molecular complexity index is 1010. The number of fused-ring (bicyclic) bond motifs is 1. The van der Waals surface area contributed by atoms with Crippen LogP contribution in [0.25, 0.3) is 10.9 Å². The molecule has 6 heteroatoms. The molecule has 0 spiro atoms. The molecule has 0 radical (unpaired) electrons. The van der Waals surface area contributed by atoms with E-state index >= 15 is 0 Å². The lowest BCUT2D eigenvalue weighted by Gasteiger charge is -2.09. The normalized spacial score (nSPS) is 10.8. The van der Waals surface area contributed by atoms with Gasteiger partial charge in [0.05, 0.1) is 10.9 Å². The third-order valence-electron chi connectivity index (χ3n) is 4.27. The minimum Gasteiger partial charge on any atom is -0.490 e. The van der Waals surface area contributed by atoms with Crippen molar-refractivity contribution in [2.45, 2.75) is 33.1 Å². The topological polar surface area (TPSA) is 81.3 Å². The van der Waals surface area contributed by atoms with E-state index in [0.29, 0.717) is 36.2 Å². The van der Waals surface area contributed by atoms with Crippen LogP contribution in [0.1, 0.15) is 29.8 Å². The van der Waals surface area contributed by atoms with Gasteiger partial charge in [-0.25, -0.2) is 4.98 Å². The molecule has 0 saturated carbocycles. The van der Waals surface area contributed by atoms with Crippen molar-refractivity contribution >= 4 is 16.9 Å². The number of carbonyl (C=O) groups excluding carboxylic acids is 1. The molecule has 0 amide bonds. The Labute approximate surface area is 163 Å². The molecule has 28 heavy (non-hydrogen) atoms. The molecule has 2 aromatic carbocycles. The molecule has 0 unspecified atom stereocenters. The number of benzene rings is 2. The molecule has 1 N–H and O–H groups in total. The first-order chi connectivity index (χ1) is 13.5. The number of nitrogens with zero attached hydrogens (tertiary/aromatic N) is 1. The maximum Gasteiger partial charge on any atom is 0.305 e. The van der Waals surface area contributed by atoms with Crippen LogP contribution in [0.2, 0.25) is 0 Å². The lowest BCUT2D eigenvalue weighted by molar-refractivity contribution is -0.144. The zero-order chi connectivity index (χ0) is 19.9. The van der Waals surface area contributed by atoms with Crippen LogP contribution < -0.4 is 10.3 Å². The number of hydrogen-bond acceptors (Lipinski definition) is 5. The monoisotopic (exact) mass is 380 g/mol. The van der Waals surface area contributed by atoms with Crippen LogP contribution in [0.5, 0.6) is 5.75 Å². The summed E-state index contributed by atoms with van der Waals surface area (Å²) in [5.74, 6) is 1.07. The largest absolute Gasteiger partial charge is 0.490 e. The van der Waals surface area contributed by atoms with Gasteiger partial charge in [-0.05, 0) is 55.7 Å². The van der Waals surface area contributed by atoms with E-state index in [1.807, 2.05) is 32.0 Å².